The van der Waals surface area contributed by atoms with Crippen LogP contribution in [0.3, 0.4) is 0 Å². The van der Waals surface area contributed by atoms with Crippen LogP contribution in [0.15, 0.2) is 48.5 Å². The van der Waals surface area contributed by atoms with Gasteiger partial charge in [-0.3, -0.25) is 0 Å². The molecule has 2 aromatic carbocycles. The van der Waals surface area contributed by atoms with Crippen molar-refractivity contribution in [3.63, 3.8) is 0 Å². The van der Waals surface area contributed by atoms with Gasteiger partial charge in [0.05, 0.1) is 7.11 Å². The van der Waals surface area contributed by atoms with Gasteiger partial charge in [-0.2, -0.15) is 0 Å². The third-order valence-corrected chi connectivity index (χ3v) is 3.18. The minimum Gasteiger partial charge on any atom is -0.504 e. The summed E-state index contributed by atoms with van der Waals surface area (Å²) >= 11 is 0. The summed E-state index contributed by atoms with van der Waals surface area (Å²) in [6.07, 6.45) is 2.85. The number of carbonyl (C=O) groups is 1. The number of nitrogens with one attached hydrogen (secondary N) is 1. The Bertz CT molecular complexity index is 713. The highest BCUT2D eigenvalue weighted by atomic mass is 16.5. The van der Waals surface area contributed by atoms with Gasteiger partial charge in [0.15, 0.2) is 11.5 Å². The Kier molecular flexibility index (Phi) is 6.08. The van der Waals surface area contributed by atoms with Crippen molar-refractivity contribution >= 4 is 12.2 Å². The maximum atomic E-state index is 11.6. The van der Waals surface area contributed by atoms with Crippen molar-refractivity contribution in [2.45, 2.75) is 6.61 Å². The van der Waals surface area contributed by atoms with E-state index in [0.29, 0.717) is 5.56 Å². The van der Waals surface area contributed by atoms with Gasteiger partial charge in [-0.05, 0) is 23.3 Å². The molecule has 0 spiro atoms. The largest absolute Gasteiger partial charge is 0.504 e. The van der Waals surface area contributed by atoms with E-state index in [0.717, 1.165) is 5.56 Å². The number of alkyl carbamates (subject to hydrolysis) is 1. The lowest BCUT2D eigenvalue weighted by Crippen LogP contribution is -2.24. The van der Waals surface area contributed by atoms with Gasteiger partial charge < -0.3 is 25.0 Å². The van der Waals surface area contributed by atoms with Crippen molar-refractivity contribution in [2.24, 2.45) is 0 Å². The Labute approximate surface area is 140 Å². The van der Waals surface area contributed by atoms with Crippen LogP contribution in [0.4, 0.5) is 4.79 Å². The van der Waals surface area contributed by atoms with Crippen molar-refractivity contribution < 1.29 is 24.5 Å². The predicted octanol–water partition coefficient (Wildman–Crippen LogP) is 3.05. The molecule has 0 radical (unpaired) electrons. The van der Waals surface area contributed by atoms with Crippen molar-refractivity contribution in [3.05, 3.63) is 59.7 Å². The molecule has 0 aliphatic carbocycles. The number of benzene rings is 2. The molecule has 2 aromatic rings. The minimum absolute atomic E-state index is 0.171. The van der Waals surface area contributed by atoms with E-state index in [9.17, 15) is 15.0 Å². The van der Waals surface area contributed by atoms with E-state index in [1.54, 1.807) is 18.2 Å². The predicted molar refractivity (Wildman–Crippen MR) is 90.0 cm³/mol. The molecule has 3 N–H and O–H groups in total. The summed E-state index contributed by atoms with van der Waals surface area (Å²) < 4.78 is 10.0. The van der Waals surface area contributed by atoms with E-state index in [-0.39, 0.29) is 30.4 Å². The van der Waals surface area contributed by atoms with Crippen LogP contribution in [0.5, 0.6) is 17.2 Å². The molecule has 0 saturated carbocycles. The molecule has 0 aromatic heterocycles. The number of hydrogen-bond donors (Lipinski definition) is 3. The topological polar surface area (TPSA) is 88.0 Å². The smallest absolute Gasteiger partial charge is 0.407 e. The first-order valence-corrected chi connectivity index (χ1v) is 7.31. The van der Waals surface area contributed by atoms with E-state index in [2.05, 4.69) is 5.32 Å². The molecule has 0 fully saturated rings. The van der Waals surface area contributed by atoms with Gasteiger partial charge in [0.2, 0.25) is 5.75 Å². The lowest BCUT2D eigenvalue weighted by atomic mass is 10.1. The monoisotopic (exact) mass is 329 g/mol. The second-order valence-corrected chi connectivity index (χ2v) is 4.94. The zero-order chi connectivity index (χ0) is 17.4. The van der Waals surface area contributed by atoms with Crippen LogP contribution in [0, 0.1) is 0 Å². The summed E-state index contributed by atoms with van der Waals surface area (Å²) in [6, 6.07) is 12.4. The molecular weight excluding hydrogens is 310 g/mol. The summed E-state index contributed by atoms with van der Waals surface area (Å²) in [5.41, 5.74) is 1.54. The Morgan fingerprint density at radius 3 is 2.67 bits per heavy atom. The molecular formula is C18H19NO5. The van der Waals surface area contributed by atoms with Crippen LogP contribution in [0.2, 0.25) is 0 Å². The first-order valence-electron chi connectivity index (χ1n) is 7.31. The highest BCUT2D eigenvalue weighted by molar-refractivity contribution is 5.68. The number of phenols is 2. The molecule has 0 heterocycles. The number of aromatic hydroxyl groups is 2. The number of methoxy groups -OCH3 is 1. The van der Waals surface area contributed by atoms with Crippen molar-refractivity contribution in [2.75, 3.05) is 13.7 Å². The number of carbonyl (C=O) groups excluding carboxylic acids is 1. The first kappa shape index (κ1) is 17.2. The van der Waals surface area contributed by atoms with Crippen LogP contribution in [-0.4, -0.2) is 30.0 Å². The SMILES string of the molecule is COc1cc(C=CCNC(=O)OCc2ccccc2)cc(O)c1O. The van der Waals surface area contributed by atoms with Crippen LogP contribution >= 0.6 is 0 Å². The number of amides is 1. The molecule has 0 unspecified atom stereocenters. The summed E-state index contributed by atoms with van der Waals surface area (Å²) in [5.74, 6) is -0.411. The van der Waals surface area contributed by atoms with Gasteiger partial charge in [0.25, 0.3) is 0 Å². The molecule has 6 heteroatoms. The van der Waals surface area contributed by atoms with Crippen LogP contribution in [0.1, 0.15) is 11.1 Å². The van der Waals surface area contributed by atoms with E-state index >= 15 is 0 Å². The number of phenolic OH excluding ortho intramolecular Hbond substituents is 2. The number of hydrogen-bond acceptors (Lipinski definition) is 5. The molecule has 126 valence electrons. The fraction of sp³-hybridized carbons (Fsp3) is 0.167. The van der Waals surface area contributed by atoms with Gasteiger partial charge in [-0.1, -0.05) is 42.5 Å². The zero-order valence-electron chi connectivity index (χ0n) is 13.2. The number of ether oxygens (including phenoxy) is 2. The Hall–Kier alpha value is -3.15. The van der Waals surface area contributed by atoms with Gasteiger partial charge in [-0.25, -0.2) is 4.79 Å². The lowest BCUT2D eigenvalue weighted by Gasteiger charge is -2.07. The van der Waals surface area contributed by atoms with Crippen molar-refractivity contribution in [3.8, 4) is 17.2 Å². The molecule has 2 rings (SSSR count). The molecule has 0 aliphatic heterocycles. The Morgan fingerprint density at radius 1 is 1.21 bits per heavy atom. The van der Waals surface area contributed by atoms with E-state index in [4.69, 9.17) is 9.47 Å². The minimum atomic E-state index is -0.519. The van der Waals surface area contributed by atoms with Crippen molar-refractivity contribution in [1.29, 1.82) is 0 Å². The highest BCUT2D eigenvalue weighted by Crippen LogP contribution is 2.36. The Balaban J connectivity index is 1.80. The average Bonchev–Trinajstić information content (AvgIpc) is 2.60. The third-order valence-electron chi connectivity index (χ3n) is 3.18. The highest BCUT2D eigenvalue weighted by Gasteiger charge is 2.08. The maximum Gasteiger partial charge on any atom is 0.407 e. The van der Waals surface area contributed by atoms with E-state index < -0.39 is 6.09 Å². The van der Waals surface area contributed by atoms with Crippen LogP contribution in [0.25, 0.3) is 6.08 Å². The molecule has 24 heavy (non-hydrogen) atoms. The first-order chi connectivity index (χ1) is 11.6. The molecule has 0 bridgehead atoms. The normalized spacial score (nSPS) is 10.5. The lowest BCUT2D eigenvalue weighted by molar-refractivity contribution is 0.141. The molecule has 0 atom stereocenters. The average molecular weight is 329 g/mol. The maximum absolute atomic E-state index is 11.6. The Morgan fingerprint density at radius 2 is 1.96 bits per heavy atom. The quantitative estimate of drug-likeness (QED) is 0.709. The molecule has 6 nitrogen and oxygen atoms in total. The third kappa shape index (κ3) is 4.95. The molecule has 0 aliphatic rings. The van der Waals surface area contributed by atoms with Gasteiger partial charge in [0.1, 0.15) is 6.61 Å². The zero-order valence-corrected chi connectivity index (χ0v) is 13.2. The standard InChI is InChI=1S/C18H19NO5/c1-23-16-11-14(10-15(20)17(16)21)8-5-9-19-18(22)24-12-13-6-3-2-4-7-13/h2-8,10-11,20-21H,9,12H2,1H3,(H,19,22). The molecule has 0 saturated heterocycles. The second-order valence-electron chi connectivity index (χ2n) is 4.94. The summed E-state index contributed by atoms with van der Waals surface area (Å²) in [4.78, 5) is 11.6. The molecule has 1 amide bonds. The van der Waals surface area contributed by atoms with E-state index in [1.807, 2.05) is 30.3 Å². The summed E-state index contributed by atoms with van der Waals surface area (Å²) in [6.45, 7) is 0.469. The second kappa shape index (κ2) is 8.47. The fourth-order valence-electron chi connectivity index (χ4n) is 1.98. The van der Waals surface area contributed by atoms with Gasteiger partial charge >= 0.3 is 6.09 Å². The van der Waals surface area contributed by atoms with Crippen LogP contribution < -0.4 is 10.1 Å². The van der Waals surface area contributed by atoms with Gasteiger partial charge in [-0.15, -0.1) is 0 Å². The summed E-state index contributed by atoms with van der Waals surface area (Å²) in [7, 11) is 1.40. The fourth-order valence-corrected chi connectivity index (χ4v) is 1.98. The summed E-state index contributed by atoms with van der Waals surface area (Å²) in [5, 5.41) is 21.7. The van der Waals surface area contributed by atoms with E-state index in [1.165, 1.54) is 13.2 Å². The van der Waals surface area contributed by atoms with Gasteiger partial charge in [0, 0.05) is 6.54 Å². The number of rotatable bonds is 6. The van der Waals surface area contributed by atoms with Crippen molar-refractivity contribution in [1.82, 2.24) is 5.32 Å². The van der Waals surface area contributed by atoms with Crippen LogP contribution in [-0.2, 0) is 11.3 Å².